The molecule has 1 amide bonds. The molecule has 0 spiro atoms. The molecule has 22 heavy (non-hydrogen) atoms. The number of thiazole rings is 1. The van der Waals surface area contributed by atoms with Crippen molar-refractivity contribution in [2.75, 3.05) is 0 Å². The second-order valence-electron chi connectivity index (χ2n) is 5.71. The molecule has 1 atom stereocenters. The zero-order valence-electron chi connectivity index (χ0n) is 12.9. The van der Waals surface area contributed by atoms with E-state index in [4.69, 9.17) is 4.74 Å². The molecule has 0 radical (unpaired) electrons. The Kier molecular flexibility index (Phi) is 4.43. The molecule has 1 N–H and O–H groups in total. The van der Waals surface area contributed by atoms with Crippen molar-refractivity contribution in [2.24, 2.45) is 0 Å². The van der Waals surface area contributed by atoms with Crippen molar-refractivity contribution < 1.29 is 9.53 Å². The zero-order valence-corrected chi connectivity index (χ0v) is 13.7. The van der Waals surface area contributed by atoms with Crippen LogP contribution < -0.4 is 10.1 Å². The summed E-state index contributed by atoms with van der Waals surface area (Å²) in [4.78, 5) is 17.4. The van der Waals surface area contributed by atoms with Crippen LogP contribution in [0.25, 0.3) is 0 Å². The molecule has 1 aromatic heterocycles. The predicted octanol–water partition coefficient (Wildman–Crippen LogP) is 3.02. The molecule has 116 valence electrons. The number of fused-ring (bicyclic) bond motifs is 1. The third-order valence-electron chi connectivity index (χ3n) is 3.87. The van der Waals surface area contributed by atoms with E-state index in [2.05, 4.69) is 23.3 Å². The number of nitrogens with zero attached hydrogens (tertiary/aromatic N) is 1. The monoisotopic (exact) mass is 316 g/mol. The van der Waals surface area contributed by atoms with Gasteiger partial charge in [-0.15, -0.1) is 11.3 Å². The van der Waals surface area contributed by atoms with E-state index in [0.29, 0.717) is 13.0 Å². The Morgan fingerprint density at radius 2 is 2.36 bits per heavy atom. The number of benzene rings is 1. The molecule has 0 fully saturated rings. The van der Waals surface area contributed by atoms with Crippen molar-refractivity contribution in [2.45, 2.75) is 45.8 Å². The Morgan fingerprint density at radius 3 is 3.14 bits per heavy atom. The molecule has 0 bridgehead atoms. The first-order valence-corrected chi connectivity index (χ1v) is 8.44. The van der Waals surface area contributed by atoms with Crippen LogP contribution in [0.4, 0.5) is 0 Å². The largest absolute Gasteiger partial charge is 0.490 e. The summed E-state index contributed by atoms with van der Waals surface area (Å²) in [6, 6.07) is 6.15. The lowest BCUT2D eigenvalue weighted by Gasteiger charge is -2.07. The summed E-state index contributed by atoms with van der Waals surface area (Å²) in [6.45, 7) is 4.63. The summed E-state index contributed by atoms with van der Waals surface area (Å²) in [5, 5.41) is 2.99. The molecule has 3 rings (SSSR count). The maximum atomic E-state index is 12.0. The molecule has 0 saturated heterocycles. The number of hydrogen-bond donors (Lipinski definition) is 1. The zero-order chi connectivity index (χ0) is 15.5. The van der Waals surface area contributed by atoms with E-state index in [-0.39, 0.29) is 12.0 Å². The number of rotatable bonds is 5. The smallest absolute Gasteiger partial charge is 0.220 e. The molecule has 1 aromatic carbocycles. The summed E-state index contributed by atoms with van der Waals surface area (Å²) < 4.78 is 5.69. The lowest BCUT2D eigenvalue weighted by atomic mass is 10.1. The van der Waals surface area contributed by atoms with Crippen LogP contribution in [-0.4, -0.2) is 17.0 Å². The van der Waals surface area contributed by atoms with Crippen LogP contribution in [-0.2, 0) is 24.2 Å². The molecule has 0 aliphatic carbocycles. The van der Waals surface area contributed by atoms with Gasteiger partial charge in [-0.3, -0.25) is 4.79 Å². The fourth-order valence-corrected chi connectivity index (χ4v) is 3.45. The Morgan fingerprint density at radius 1 is 1.50 bits per heavy atom. The summed E-state index contributed by atoms with van der Waals surface area (Å²) in [6.07, 6.45) is 2.47. The van der Waals surface area contributed by atoms with Crippen molar-refractivity contribution in [3.8, 4) is 5.75 Å². The van der Waals surface area contributed by atoms with Crippen molar-refractivity contribution in [3.05, 3.63) is 45.4 Å². The highest BCUT2D eigenvalue weighted by atomic mass is 32.1. The number of hydrogen-bond acceptors (Lipinski definition) is 4. The average molecular weight is 316 g/mol. The number of carbonyl (C=O) groups excluding carboxylic acids is 1. The van der Waals surface area contributed by atoms with Gasteiger partial charge in [-0.25, -0.2) is 4.98 Å². The van der Waals surface area contributed by atoms with Crippen LogP contribution in [0.2, 0.25) is 0 Å². The summed E-state index contributed by atoms with van der Waals surface area (Å²) in [5.41, 5.74) is 5.22. The van der Waals surface area contributed by atoms with Crippen LogP contribution in [0.15, 0.2) is 23.7 Å². The minimum atomic E-state index is 0.0814. The maximum absolute atomic E-state index is 12.0. The molecule has 2 heterocycles. The molecule has 0 unspecified atom stereocenters. The minimum absolute atomic E-state index is 0.0814. The van der Waals surface area contributed by atoms with Gasteiger partial charge < -0.3 is 10.1 Å². The van der Waals surface area contributed by atoms with E-state index in [9.17, 15) is 4.79 Å². The summed E-state index contributed by atoms with van der Waals surface area (Å²) in [5.74, 6) is 1.06. The Bertz CT molecular complexity index is 681. The van der Waals surface area contributed by atoms with Gasteiger partial charge in [0.05, 0.1) is 11.2 Å². The number of carbonyl (C=O) groups is 1. The topological polar surface area (TPSA) is 51.2 Å². The van der Waals surface area contributed by atoms with Gasteiger partial charge in [0, 0.05) is 24.3 Å². The lowest BCUT2D eigenvalue weighted by molar-refractivity contribution is -0.121. The van der Waals surface area contributed by atoms with Crippen LogP contribution in [0, 0.1) is 6.92 Å². The van der Waals surface area contributed by atoms with Crippen molar-refractivity contribution in [1.29, 1.82) is 0 Å². The first-order chi connectivity index (χ1) is 10.6. The van der Waals surface area contributed by atoms with Gasteiger partial charge in [-0.1, -0.05) is 12.1 Å². The number of aryl methyl sites for hydroxylation is 2. The van der Waals surface area contributed by atoms with Gasteiger partial charge >= 0.3 is 0 Å². The van der Waals surface area contributed by atoms with Crippen molar-refractivity contribution in [1.82, 2.24) is 10.3 Å². The predicted molar refractivity (Wildman–Crippen MR) is 87.3 cm³/mol. The Hall–Kier alpha value is -1.88. The Balaban J connectivity index is 1.49. The highest BCUT2D eigenvalue weighted by molar-refractivity contribution is 7.09. The summed E-state index contributed by atoms with van der Waals surface area (Å²) >= 11 is 1.61. The second kappa shape index (κ2) is 6.48. The first-order valence-electron chi connectivity index (χ1n) is 7.56. The maximum Gasteiger partial charge on any atom is 0.220 e. The molecule has 1 aliphatic rings. The molecule has 2 aromatic rings. The number of ether oxygens (including phenoxy) is 1. The lowest BCUT2D eigenvalue weighted by Crippen LogP contribution is -2.23. The van der Waals surface area contributed by atoms with E-state index in [1.165, 1.54) is 10.4 Å². The van der Waals surface area contributed by atoms with Crippen molar-refractivity contribution >= 4 is 17.2 Å². The van der Waals surface area contributed by atoms with Gasteiger partial charge in [0.15, 0.2) is 0 Å². The number of aromatic nitrogens is 1. The molecular formula is C17H20N2O2S. The van der Waals surface area contributed by atoms with Gasteiger partial charge in [-0.2, -0.15) is 0 Å². The van der Waals surface area contributed by atoms with E-state index in [1.807, 2.05) is 24.6 Å². The number of nitrogens with one attached hydrogen (secondary N) is 1. The van der Waals surface area contributed by atoms with Crippen LogP contribution >= 0.6 is 11.3 Å². The second-order valence-corrected chi connectivity index (χ2v) is 6.65. The standard InChI is InChI=1S/C17H20N2O2S/c1-11-7-14-8-13(3-4-15(14)21-11)9-18-17(20)6-5-16-12(2)19-10-22-16/h3-4,8,10-11H,5-7,9H2,1-2H3,(H,18,20)/t11-/m1/s1. The minimum Gasteiger partial charge on any atom is -0.490 e. The molecule has 1 aliphatic heterocycles. The molecule has 4 nitrogen and oxygen atoms in total. The molecule has 5 heteroatoms. The Labute approximate surface area is 134 Å². The average Bonchev–Trinajstić information content (AvgIpc) is 3.06. The third-order valence-corrected chi connectivity index (χ3v) is 4.87. The summed E-state index contributed by atoms with van der Waals surface area (Å²) in [7, 11) is 0. The quantitative estimate of drug-likeness (QED) is 0.922. The van der Waals surface area contributed by atoms with Gasteiger partial charge in [-0.05, 0) is 37.5 Å². The fourth-order valence-electron chi connectivity index (χ4n) is 2.67. The highest BCUT2D eigenvalue weighted by Crippen LogP contribution is 2.29. The van der Waals surface area contributed by atoms with Crippen LogP contribution in [0.1, 0.15) is 35.0 Å². The fraction of sp³-hybridized carbons (Fsp3) is 0.412. The highest BCUT2D eigenvalue weighted by Gasteiger charge is 2.18. The van der Waals surface area contributed by atoms with E-state index in [1.54, 1.807) is 11.3 Å². The van der Waals surface area contributed by atoms with E-state index >= 15 is 0 Å². The van der Waals surface area contributed by atoms with E-state index in [0.717, 1.165) is 29.8 Å². The third kappa shape index (κ3) is 3.47. The van der Waals surface area contributed by atoms with Crippen LogP contribution in [0.3, 0.4) is 0 Å². The first kappa shape index (κ1) is 15.0. The van der Waals surface area contributed by atoms with Gasteiger partial charge in [0.25, 0.3) is 0 Å². The SMILES string of the molecule is Cc1ncsc1CCC(=O)NCc1ccc2c(c1)C[C@@H](C)O2. The van der Waals surface area contributed by atoms with Gasteiger partial charge in [0.2, 0.25) is 5.91 Å². The van der Waals surface area contributed by atoms with Crippen LogP contribution in [0.5, 0.6) is 5.75 Å². The normalized spacial score (nSPS) is 16.2. The van der Waals surface area contributed by atoms with Crippen molar-refractivity contribution in [3.63, 3.8) is 0 Å². The molecule has 0 saturated carbocycles. The van der Waals surface area contributed by atoms with Gasteiger partial charge in [0.1, 0.15) is 11.9 Å². The number of amides is 1. The van der Waals surface area contributed by atoms with E-state index < -0.39 is 0 Å². The molecular weight excluding hydrogens is 296 g/mol.